The first kappa shape index (κ1) is 17.3. The Kier molecular flexibility index (Phi) is 12.2. The summed E-state index contributed by atoms with van der Waals surface area (Å²) in [4.78, 5) is 21.5. The van der Waals surface area contributed by atoms with E-state index in [1.165, 1.54) is 31.0 Å². The SMILES string of the molecule is CCCCCCCOC(=O)CCSCCC(=O)O. The van der Waals surface area contributed by atoms with Crippen LogP contribution in [0.15, 0.2) is 0 Å². The number of carboxylic acid groups (broad SMARTS) is 1. The van der Waals surface area contributed by atoms with Crippen LogP contribution in [0.5, 0.6) is 0 Å². The summed E-state index contributed by atoms with van der Waals surface area (Å²) in [5, 5.41) is 8.42. The lowest BCUT2D eigenvalue weighted by atomic mass is 10.2. The van der Waals surface area contributed by atoms with E-state index in [0.717, 1.165) is 12.8 Å². The molecule has 5 heteroatoms. The summed E-state index contributed by atoms with van der Waals surface area (Å²) in [6, 6.07) is 0. The molecule has 0 aromatic heterocycles. The quantitative estimate of drug-likeness (QED) is 0.438. The smallest absolute Gasteiger partial charge is 0.306 e. The van der Waals surface area contributed by atoms with E-state index in [0.29, 0.717) is 24.5 Å². The maximum atomic E-state index is 11.3. The van der Waals surface area contributed by atoms with Gasteiger partial charge in [0.1, 0.15) is 0 Å². The Balaban J connectivity index is 3.20. The molecule has 0 radical (unpaired) electrons. The number of aliphatic carboxylic acids is 1. The summed E-state index contributed by atoms with van der Waals surface area (Å²) in [7, 11) is 0. The van der Waals surface area contributed by atoms with Gasteiger partial charge in [0.15, 0.2) is 0 Å². The van der Waals surface area contributed by atoms with Crippen molar-refractivity contribution < 1.29 is 19.4 Å². The van der Waals surface area contributed by atoms with Crippen LogP contribution in [0.3, 0.4) is 0 Å². The predicted molar refractivity (Wildman–Crippen MR) is 73.9 cm³/mol. The van der Waals surface area contributed by atoms with Gasteiger partial charge >= 0.3 is 11.9 Å². The van der Waals surface area contributed by atoms with Gasteiger partial charge in [-0.1, -0.05) is 32.6 Å². The molecule has 0 saturated carbocycles. The van der Waals surface area contributed by atoms with Gasteiger partial charge in [0.2, 0.25) is 0 Å². The molecule has 0 bridgehead atoms. The third kappa shape index (κ3) is 13.4. The average Bonchev–Trinajstić information content (AvgIpc) is 2.33. The van der Waals surface area contributed by atoms with Crippen molar-refractivity contribution in [3.63, 3.8) is 0 Å². The summed E-state index contributed by atoms with van der Waals surface area (Å²) >= 11 is 1.48. The van der Waals surface area contributed by atoms with Crippen LogP contribution in [-0.4, -0.2) is 35.2 Å². The number of unbranched alkanes of at least 4 members (excludes halogenated alkanes) is 4. The highest BCUT2D eigenvalue weighted by Gasteiger charge is 2.03. The standard InChI is InChI=1S/C13H24O4S/c1-2-3-4-5-6-9-17-13(16)8-11-18-10-7-12(14)15/h2-11H2,1H3,(H,14,15). The summed E-state index contributed by atoms with van der Waals surface area (Å²) in [6.45, 7) is 2.68. The van der Waals surface area contributed by atoms with Gasteiger partial charge in [-0.3, -0.25) is 9.59 Å². The molecule has 0 fully saturated rings. The molecule has 0 rings (SSSR count). The average molecular weight is 276 g/mol. The minimum atomic E-state index is -0.794. The molecule has 0 aromatic rings. The molecule has 0 atom stereocenters. The van der Waals surface area contributed by atoms with Crippen LogP contribution in [0.1, 0.15) is 51.9 Å². The zero-order valence-electron chi connectivity index (χ0n) is 11.2. The molecule has 0 unspecified atom stereocenters. The molecule has 0 aliphatic carbocycles. The van der Waals surface area contributed by atoms with E-state index in [1.807, 2.05) is 0 Å². The first-order valence-corrected chi connectivity index (χ1v) is 7.77. The molecule has 0 heterocycles. The number of esters is 1. The van der Waals surface area contributed by atoms with Gasteiger partial charge in [-0.25, -0.2) is 0 Å². The summed E-state index contributed by atoms with van der Waals surface area (Å²) in [5.74, 6) is 0.229. The van der Waals surface area contributed by atoms with Crippen LogP contribution in [-0.2, 0) is 14.3 Å². The van der Waals surface area contributed by atoms with E-state index in [-0.39, 0.29) is 12.4 Å². The largest absolute Gasteiger partial charge is 0.481 e. The number of carboxylic acids is 1. The van der Waals surface area contributed by atoms with Crippen LogP contribution in [0.4, 0.5) is 0 Å². The van der Waals surface area contributed by atoms with Crippen molar-refractivity contribution in [2.75, 3.05) is 18.1 Å². The van der Waals surface area contributed by atoms with Crippen molar-refractivity contribution in [1.29, 1.82) is 0 Å². The monoisotopic (exact) mass is 276 g/mol. The van der Waals surface area contributed by atoms with Gasteiger partial charge < -0.3 is 9.84 Å². The van der Waals surface area contributed by atoms with Crippen molar-refractivity contribution in [2.45, 2.75) is 51.9 Å². The zero-order valence-corrected chi connectivity index (χ0v) is 12.0. The minimum absolute atomic E-state index is 0.150. The molecule has 0 aliphatic heterocycles. The van der Waals surface area contributed by atoms with E-state index in [1.54, 1.807) is 0 Å². The van der Waals surface area contributed by atoms with Crippen molar-refractivity contribution in [2.24, 2.45) is 0 Å². The normalized spacial score (nSPS) is 10.3. The maximum absolute atomic E-state index is 11.3. The Morgan fingerprint density at radius 3 is 2.39 bits per heavy atom. The highest BCUT2D eigenvalue weighted by atomic mass is 32.2. The number of ether oxygens (including phenoxy) is 1. The van der Waals surface area contributed by atoms with Crippen molar-refractivity contribution in [3.05, 3.63) is 0 Å². The Morgan fingerprint density at radius 1 is 1.06 bits per heavy atom. The molecule has 0 amide bonds. The second kappa shape index (κ2) is 12.7. The molecule has 1 N–H and O–H groups in total. The second-order valence-corrected chi connectivity index (χ2v) is 5.37. The predicted octanol–water partition coefficient (Wildman–Crippen LogP) is 3.10. The van der Waals surface area contributed by atoms with Crippen LogP contribution >= 0.6 is 11.8 Å². The van der Waals surface area contributed by atoms with E-state index < -0.39 is 5.97 Å². The second-order valence-electron chi connectivity index (χ2n) is 4.14. The fourth-order valence-electron chi connectivity index (χ4n) is 1.38. The molecular formula is C13H24O4S. The van der Waals surface area contributed by atoms with Crippen LogP contribution in [0.25, 0.3) is 0 Å². The maximum Gasteiger partial charge on any atom is 0.306 e. The highest BCUT2D eigenvalue weighted by Crippen LogP contribution is 2.06. The Hall–Kier alpha value is -0.710. The molecule has 0 saturated heterocycles. The topological polar surface area (TPSA) is 63.6 Å². The Morgan fingerprint density at radius 2 is 1.72 bits per heavy atom. The molecular weight excluding hydrogens is 252 g/mol. The van der Waals surface area contributed by atoms with Gasteiger partial charge in [0.05, 0.1) is 19.4 Å². The zero-order chi connectivity index (χ0) is 13.6. The lowest BCUT2D eigenvalue weighted by Crippen LogP contribution is -2.07. The summed E-state index contributed by atoms with van der Waals surface area (Å²) in [6.07, 6.45) is 6.25. The fourth-order valence-corrected chi connectivity index (χ4v) is 2.21. The van der Waals surface area contributed by atoms with E-state index in [9.17, 15) is 9.59 Å². The molecule has 0 aliphatic rings. The number of thioether (sulfide) groups is 1. The van der Waals surface area contributed by atoms with Crippen molar-refractivity contribution >= 4 is 23.7 Å². The summed E-state index contributed by atoms with van der Waals surface area (Å²) in [5.41, 5.74) is 0. The third-order valence-corrected chi connectivity index (χ3v) is 3.41. The Labute approximate surface area is 113 Å². The minimum Gasteiger partial charge on any atom is -0.481 e. The van der Waals surface area contributed by atoms with E-state index >= 15 is 0 Å². The summed E-state index contributed by atoms with van der Waals surface area (Å²) < 4.78 is 5.08. The van der Waals surface area contributed by atoms with Gasteiger partial charge in [-0.2, -0.15) is 11.8 Å². The number of hydrogen-bond donors (Lipinski definition) is 1. The lowest BCUT2D eigenvalue weighted by molar-refractivity contribution is -0.143. The van der Waals surface area contributed by atoms with Gasteiger partial charge in [-0.05, 0) is 6.42 Å². The van der Waals surface area contributed by atoms with E-state index in [2.05, 4.69) is 6.92 Å². The number of hydrogen-bond acceptors (Lipinski definition) is 4. The first-order valence-electron chi connectivity index (χ1n) is 6.62. The number of carbonyl (C=O) groups is 2. The van der Waals surface area contributed by atoms with Crippen LogP contribution < -0.4 is 0 Å². The van der Waals surface area contributed by atoms with Gasteiger partial charge in [0, 0.05) is 11.5 Å². The van der Waals surface area contributed by atoms with Gasteiger partial charge in [-0.15, -0.1) is 0 Å². The van der Waals surface area contributed by atoms with Crippen molar-refractivity contribution in [1.82, 2.24) is 0 Å². The molecule has 0 aromatic carbocycles. The highest BCUT2D eigenvalue weighted by molar-refractivity contribution is 7.99. The van der Waals surface area contributed by atoms with E-state index in [4.69, 9.17) is 9.84 Å². The van der Waals surface area contributed by atoms with Crippen molar-refractivity contribution in [3.8, 4) is 0 Å². The fraction of sp³-hybridized carbons (Fsp3) is 0.846. The molecule has 18 heavy (non-hydrogen) atoms. The number of carbonyl (C=O) groups excluding carboxylic acids is 1. The van der Waals surface area contributed by atoms with Gasteiger partial charge in [0.25, 0.3) is 0 Å². The Bertz CT molecular complexity index is 231. The molecule has 106 valence electrons. The molecule has 0 spiro atoms. The van der Waals surface area contributed by atoms with Crippen LogP contribution in [0, 0.1) is 0 Å². The van der Waals surface area contributed by atoms with Crippen LogP contribution in [0.2, 0.25) is 0 Å². The lowest BCUT2D eigenvalue weighted by Gasteiger charge is -2.04. The number of rotatable bonds is 12. The molecule has 4 nitrogen and oxygen atoms in total. The third-order valence-electron chi connectivity index (χ3n) is 2.42. The first-order chi connectivity index (χ1) is 8.66.